The summed E-state index contributed by atoms with van der Waals surface area (Å²) < 4.78 is 5.70. The van der Waals surface area contributed by atoms with E-state index in [0.717, 1.165) is 5.56 Å². The molecule has 2 heterocycles. The number of hydrogen-bond donors (Lipinski definition) is 1. The topological polar surface area (TPSA) is 68.0 Å². The first-order chi connectivity index (χ1) is 12.6. The Balaban J connectivity index is 1.56. The minimum atomic E-state index is -0.335. The minimum Gasteiger partial charge on any atom is -0.436 e. The van der Waals surface area contributed by atoms with E-state index in [1.54, 1.807) is 42.7 Å². The Morgan fingerprint density at radius 2 is 1.85 bits per heavy atom. The van der Waals surface area contributed by atoms with Crippen molar-refractivity contribution in [1.29, 1.82) is 0 Å². The molecule has 0 aliphatic heterocycles. The molecule has 2 aromatic carbocycles. The van der Waals surface area contributed by atoms with Gasteiger partial charge in [-0.1, -0.05) is 23.2 Å². The molecule has 5 nitrogen and oxygen atoms in total. The quantitative estimate of drug-likeness (QED) is 0.510. The number of oxazole rings is 1. The number of anilines is 1. The van der Waals surface area contributed by atoms with Crippen molar-refractivity contribution in [3.05, 3.63) is 76.5 Å². The van der Waals surface area contributed by atoms with E-state index >= 15 is 0 Å². The second-order valence-corrected chi connectivity index (χ2v) is 6.36. The summed E-state index contributed by atoms with van der Waals surface area (Å²) in [5.74, 6) is 0.155. The normalized spacial score (nSPS) is 10.8. The molecular formula is C19H11Cl2N3O2. The highest BCUT2D eigenvalue weighted by Gasteiger charge is 2.12. The summed E-state index contributed by atoms with van der Waals surface area (Å²) in [7, 11) is 0. The van der Waals surface area contributed by atoms with E-state index in [1.807, 2.05) is 12.1 Å². The number of carbonyl (C=O) groups is 1. The van der Waals surface area contributed by atoms with Crippen LogP contribution in [-0.2, 0) is 0 Å². The number of hydrogen-bond acceptors (Lipinski definition) is 4. The van der Waals surface area contributed by atoms with E-state index in [4.69, 9.17) is 27.6 Å². The first-order valence-corrected chi connectivity index (χ1v) is 8.43. The van der Waals surface area contributed by atoms with Crippen molar-refractivity contribution < 1.29 is 9.21 Å². The van der Waals surface area contributed by atoms with E-state index in [0.29, 0.717) is 38.3 Å². The van der Waals surface area contributed by atoms with Gasteiger partial charge in [0.2, 0.25) is 5.89 Å². The minimum absolute atomic E-state index is 0.315. The number of carbonyl (C=O) groups excluding carboxylic acids is 1. The number of aromatic nitrogens is 2. The van der Waals surface area contributed by atoms with Gasteiger partial charge in [-0.3, -0.25) is 9.78 Å². The molecule has 7 heteroatoms. The zero-order valence-electron chi connectivity index (χ0n) is 13.2. The van der Waals surface area contributed by atoms with Gasteiger partial charge in [-0.05, 0) is 42.5 Å². The lowest BCUT2D eigenvalue weighted by atomic mass is 10.2. The van der Waals surface area contributed by atoms with Crippen LogP contribution in [0.2, 0.25) is 10.0 Å². The van der Waals surface area contributed by atoms with Crippen molar-refractivity contribution in [2.24, 2.45) is 0 Å². The van der Waals surface area contributed by atoms with Crippen LogP contribution in [0.25, 0.3) is 22.6 Å². The van der Waals surface area contributed by atoms with Crippen LogP contribution in [0.5, 0.6) is 0 Å². The average Bonchev–Trinajstić information content (AvgIpc) is 3.08. The van der Waals surface area contributed by atoms with Crippen molar-refractivity contribution in [3.63, 3.8) is 0 Å². The number of rotatable bonds is 3. The van der Waals surface area contributed by atoms with Gasteiger partial charge in [0.1, 0.15) is 5.52 Å². The molecule has 4 aromatic rings. The monoisotopic (exact) mass is 383 g/mol. The molecule has 0 spiro atoms. The Bertz CT molecular complexity index is 1070. The van der Waals surface area contributed by atoms with Crippen LogP contribution >= 0.6 is 23.2 Å². The van der Waals surface area contributed by atoms with Crippen LogP contribution in [-0.4, -0.2) is 15.9 Å². The van der Waals surface area contributed by atoms with Gasteiger partial charge in [-0.25, -0.2) is 4.98 Å². The van der Waals surface area contributed by atoms with Gasteiger partial charge in [0.25, 0.3) is 5.91 Å². The molecule has 0 saturated heterocycles. The lowest BCUT2D eigenvalue weighted by Crippen LogP contribution is -2.12. The smallest absolute Gasteiger partial charge is 0.257 e. The third kappa shape index (κ3) is 3.27. The maximum atomic E-state index is 12.4. The zero-order chi connectivity index (χ0) is 18.1. The summed E-state index contributed by atoms with van der Waals surface area (Å²) in [5.41, 5.74) is 3.08. The fourth-order valence-corrected chi connectivity index (χ4v) is 2.85. The third-order valence-electron chi connectivity index (χ3n) is 3.75. The summed E-state index contributed by atoms with van der Waals surface area (Å²) in [6.07, 6.45) is 3.29. The summed E-state index contributed by atoms with van der Waals surface area (Å²) in [6, 6.07) is 13.7. The highest BCUT2D eigenvalue weighted by atomic mass is 35.5. The molecule has 0 aliphatic rings. The molecule has 128 valence electrons. The number of nitrogens with one attached hydrogen (secondary N) is 1. The lowest BCUT2D eigenvalue weighted by molar-refractivity contribution is 0.102. The van der Waals surface area contributed by atoms with Crippen molar-refractivity contribution in [1.82, 2.24) is 9.97 Å². The molecular weight excluding hydrogens is 373 g/mol. The highest BCUT2D eigenvalue weighted by molar-refractivity contribution is 6.36. The number of amides is 1. The lowest BCUT2D eigenvalue weighted by Gasteiger charge is -2.07. The zero-order valence-corrected chi connectivity index (χ0v) is 14.8. The van der Waals surface area contributed by atoms with Crippen LogP contribution in [0.3, 0.4) is 0 Å². The summed E-state index contributed by atoms with van der Waals surface area (Å²) in [5, 5.41) is 3.57. The first-order valence-electron chi connectivity index (χ1n) is 7.67. The summed E-state index contributed by atoms with van der Waals surface area (Å²) >= 11 is 12.0. The molecule has 1 N–H and O–H groups in total. The molecule has 0 aliphatic carbocycles. The van der Waals surface area contributed by atoms with Crippen LogP contribution in [0, 0.1) is 0 Å². The SMILES string of the molecule is O=C(Nc1ccc(-c2nc3cnccc3o2)cc1)c1cc(Cl)ccc1Cl. The Morgan fingerprint density at radius 3 is 2.62 bits per heavy atom. The number of halogens is 2. The molecule has 0 atom stereocenters. The maximum absolute atomic E-state index is 12.4. The summed E-state index contributed by atoms with van der Waals surface area (Å²) in [4.78, 5) is 20.8. The number of benzene rings is 2. The Labute approximate surface area is 158 Å². The van der Waals surface area contributed by atoms with Gasteiger partial charge in [0.15, 0.2) is 5.58 Å². The fraction of sp³-hybridized carbons (Fsp3) is 0. The van der Waals surface area contributed by atoms with Crippen LogP contribution < -0.4 is 5.32 Å². The van der Waals surface area contributed by atoms with E-state index in [-0.39, 0.29) is 5.91 Å². The predicted molar refractivity (Wildman–Crippen MR) is 102 cm³/mol. The molecule has 0 unspecified atom stereocenters. The fourth-order valence-electron chi connectivity index (χ4n) is 2.47. The molecule has 4 rings (SSSR count). The second-order valence-electron chi connectivity index (χ2n) is 5.52. The van der Waals surface area contributed by atoms with E-state index in [9.17, 15) is 4.79 Å². The average molecular weight is 384 g/mol. The standard InChI is InChI=1S/C19H11Cl2N3O2/c20-12-3-6-15(21)14(9-12)18(25)23-13-4-1-11(2-5-13)19-24-16-10-22-8-7-17(16)26-19/h1-10H,(H,23,25). The Morgan fingerprint density at radius 1 is 1.04 bits per heavy atom. The van der Waals surface area contributed by atoms with Crippen molar-refractivity contribution in [2.75, 3.05) is 5.32 Å². The largest absolute Gasteiger partial charge is 0.436 e. The van der Waals surface area contributed by atoms with Crippen molar-refractivity contribution in [3.8, 4) is 11.5 Å². The third-order valence-corrected chi connectivity index (χ3v) is 4.32. The molecule has 0 saturated carbocycles. The van der Waals surface area contributed by atoms with Gasteiger partial charge < -0.3 is 9.73 Å². The molecule has 1 amide bonds. The van der Waals surface area contributed by atoms with Gasteiger partial charge in [0.05, 0.1) is 16.8 Å². The number of nitrogens with zero attached hydrogens (tertiary/aromatic N) is 2. The van der Waals surface area contributed by atoms with E-state index in [2.05, 4.69) is 15.3 Å². The van der Waals surface area contributed by atoms with E-state index < -0.39 is 0 Å². The second kappa shape index (κ2) is 6.78. The van der Waals surface area contributed by atoms with Gasteiger partial charge in [-0.15, -0.1) is 0 Å². The van der Waals surface area contributed by atoms with Gasteiger partial charge >= 0.3 is 0 Å². The molecule has 26 heavy (non-hydrogen) atoms. The van der Waals surface area contributed by atoms with Gasteiger partial charge in [0, 0.05) is 28.5 Å². The Hall–Kier alpha value is -2.89. The maximum Gasteiger partial charge on any atom is 0.257 e. The van der Waals surface area contributed by atoms with Crippen molar-refractivity contribution >= 4 is 45.9 Å². The van der Waals surface area contributed by atoms with Crippen LogP contribution in [0.4, 0.5) is 5.69 Å². The number of fused-ring (bicyclic) bond motifs is 1. The summed E-state index contributed by atoms with van der Waals surface area (Å²) in [6.45, 7) is 0. The molecule has 0 fully saturated rings. The van der Waals surface area contributed by atoms with E-state index in [1.165, 1.54) is 6.07 Å². The highest BCUT2D eigenvalue weighted by Crippen LogP contribution is 2.26. The first kappa shape index (κ1) is 16.6. The molecule has 2 aromatic heterocycles. The van der Waals surface area contributed by atoms with Crippen LogP contribution in [0.15, 0.2) is 65.3 Å². The molecule has 0 bridgehead atoms. The Kier molecular flexibility index (Phi) is 4.32. The predicted octanol–water partition coefficient (Wildman–Crippen LogP) is 5.45. The molecule has 0 radical (unpaired) electrons. The number of pyridine rings is 1. The van der Waals surface area contributed by atoms with Crippen molar-refractivity contribution in [2.45, 2.75) is 0 Å². The van der Waals surface area contributed by atoms with Crippen LogP contribution in [0.1, 0.15) is 10.4 Å². The van der Waals surface area contributed by atoms with Gasteiger partial charge in [-0.2, -0.15) is 0 Å².